The third-order valence-electron chi connectivity index (χ3n) is 4.57. The van der Waals surface area contributed by atoms with Crippen LogP contribution in [0.3, 0.4) is 0 Å². The predicted molar refractivity (Wildman–Crippen MR) is 105 cm³/mol. The molecule has 0 atom stereocenters. The van der Waals surface area contributed by atoms with Crippen molar-refractivity contribution in [2.75, 3.05) is 7.11 Å². The highest BCUT2D eigenvalue weighted by Gasteiger charge is 2.12. The van der Waals surface area contributed by atoms with E-state index in [1.165, 1.54) is 7.11 Å². The monoisotopic (exact) mass is 357 g/mol. The molecule has 3 aromatic carbocycles. The fourth-order valence-corrected chi connectivity index (χ4v) is 3.23. The Balaban J connectivity index is 1.67. The lowest BCUT2D eigenvalue weighted by Crippen LogP contribution is -2.01. The third kappa shape index (κ3) is 3.47. The molecular formula is C23H19NO3. The number of hydrogen-bond donors (Lipinski definition) is 0. The first kappa shape index (κ1) is 17.0. The van der Waals surface area contributed by atoms with Gasteiger partial charge in [-0.15, -0.1) is 0 Å². The first-order valence-corrected chi connectivity index (χ1v) is 8.77. The highest BCUT2D eigenvalue weighted by atomic mass is 16.5. The number of nitrogens with zero attached hydrogens (tertiary/aromatic N) is 1. The molecule has 0 saturated heterocycles. The highest BCUT2D eigenvalue weighted by molar-refractivity contribution is 5.89. The van der Waals surface area contributed by atoms with E-state index >= 15 is 0 Å². The van der Waals surface area contributed by atoms with Crippen molar-refractivity contribution < 1.29 is 13.9 Å². The number of aromatic nitrogens is 1. The second-order valence-electron chi connectivity index (χ2n) is 6.48. The highest BCUT2D eigenvalue weighted by Crippen LogP contribution is 2.29. The predicted octanol–water partition coefficient (Wildman–Crippen LogP) is 5.18. The molecule has 0 N–H and O–H groups in total. The molecule has 0 fully saturated rings. The van der Waals surface area contributed by atoms with E-state index in [2.05, 4.69) is 30.1 Å². The molecule has 1 heterocycles. The van der Waals surface area contributed by atoms with Gasteiger partial charge in [0.25, 0.3) is 0 Å². The van der Waals surface area contributed by atoms with Gasteiger partial charge in [0.1, 0.15) is 5.52 Å². The number of rotatable bonds is 4. The Morgan fingerprint density at radius 2 is 1.85 bits per heavy atom. The molecule has 4 nitrogen and oxygen atoms in total. The van der Waals surface area contributed by atoms with Gasteiger partial charge in [-0.1, -0.05) is 42.5 Å². The Morgan fingerprint density at radius 1 is 1.04 bits per heavy atom. The second-order valence-corrected chi connectivity index (χ2v) is 6.48. The van der Waals surface area contributed by atoms with Gasteiger partial charge < -0.3 is 9.15 Å². The fourth-order valence-electron chi connectivity index (χ4n) is 3.23. The number of aryl methyl sites for hydroxylation is 1. The van der Waals surface area contributed by atoms with Crippen molar-refractivity contribution in [3.63, 3.8) is 0 Å². The molecule has 4 rings (SSSR count). The first-order chi connectivity index (χ1) is 13.1. The number of hydrogen-bond acceptors (Lipinski definition) is 4. The van der Waals surface area contributed by atoms with Crippen LogP contribution in [-0.2, 0) is 11.2 Å². The minimum atomic E-state index is -0.349. The van der Waals surface area contributed by atoms with Gasteiger partial charge in [0.2, 0.25) is 0 Å². The summed E-state index contributed by atoms with van der Waals surface area (Å²) in [4.78, 5) is 16.3. The molecule has 0 bridgehead atoms. The standard InChI is InChI=1S/C23H19NO3/c1-15-11-20-21(14-19(15)17-8-4-3-5-9-17)27-22(24-20)13-16-7-6-10-18(12-16)23(25)26-2/h3-12,14H,13H2,1-2H3. The number of carbonyl (C=O) groups is 1. The van der Waals surface area contributed by atoms with Crippen LogP contribution in [0.25, 0.3) is 22.2 Å². The van der Waals surface area contributed by atoms with E-state index in [1.54, 1.807) is 12.1 Å². The minimum absolute atomic E-state index is 0.349. The van der Waals surface area contributed by atoms with Gasteiger partial charge in [0.05, 0.1) is 12.7 Å². The summed E-state index contributed by atoms with van der Waals surface area (Å²) in [5.41, 5.74) is 6.52. The third-order valence-corrected chi connectivity index (χ3v) is 4.57. The van der Waals surface area contributed by atoms with E-state index in [9.17, 15) is 4.79 Å². The summed E-state index contributed by atoms with van der Waals surface area (Å²) in [6.07, 6.45) is 0.513. The number of ether oxygens (including phenoxy) is 1. The van der Waals surface area contributed by atoms with Crippen LogP contribution in [-0.4, -0.2) is 18.1 Å². The molecule has 134 valence electrons. The smallest absolute Gasteiger partial charge is 0.337 e. The first-order valence-electron chi connectivity index (χ1n) is 8.77. The van der Waals surface area contributed by atoms with Gasteiger partial charge in [-0.25, -0.2) is 9.78 Å². The Hall–Kier alpha value is -3.40. The van der Waals surface area contributed by atoms with Gasteiger partial charge in [0, 0.05) is 6.42 Å². The molecule has 0 radical (unpaired) electrons. The summed E-state index contributed by atoms with van der Waals surface area (Å²) in [5, 5.41) is 0. The summed E-state index contributed by atoms with van der Waals surface area (Å²) >= 11 is 0. The summed E-state index contributed by atoms with van der Waals surface area (Å²) < 4.78 is 10.8. The molecule has 0 spiro atoms. The van der Waals surface area contributed by atoms with Crippen LogP contribution < -0.4 is 0 Å². The molecule has 4 aromatic rings. The van der Waals surface area contributed by atoms with Gasteiger partial charge in [-0.05, 0) is 53.4 Å². The van der Waals surface area contributed by atoms with Crippen molar-refractivity contribution in [2.45, 2.75) is 13.3 Å². The van der Waals surface area contributed by atoms with E-state index in [4.69, 9.17) is 9.15 Å². The fraction of sp³-hybridized carbons (Fsp3) is 0.130. The molecule has 1 aromatic heterocycles. The van der Waals surface area contributed by atoms with Crippen LogP contribution in [0, 0.1) is 6.92 Å². The molecular weight excluding hydrogens is 338 g/mol. The molecule has 4 heteroatoms. The number of oxazole rings is 1. The van der Waals surface area contributed by atoms with E-state index in [-0.39, 0.29) is 5.97 Å². The molecule has 0 aliphatic carbocycles. The maximum atomic E-state index is 11.7. The summed E-state index contributed by atoms with van der Waals surface area (Å²) in [7, 11) is 1.38. The van der Waals surface area contributed by atoms with E-state index in [1.807, 2.05) is 36.4 Å². The molecule has 0 saturated carbocycles. The average Bonchev–Trinajstić information content (AvgIpc) is 3.08. The zero-order valence-electron chi connectivity index (χ0n) is 15.2. The normalized spacial score (nSPS) is 10.9. The topological polar surface area (TPSA) is 52.3 Å². The van der Waals surface area contributed by atoms with Crippen molar-refractivity contribution in [2.24, 2.45) is 0 Å². The van der Waals surface area contributed by atoms with Crippen LogP contribution in [0.1, 0.15) is 27.4 Å². The lowest BCUT2D eigenvalue weighted by atomic mass is 10.0. The lowest BCUT2D eigenvalue weighted by molar-refractivity contribution is 0.0600. The van der Waals surface area contributed by atoms with Gasteiger partial charge in [0.15, 0.2) is 11.5 Å². The Kier molecular flexibility index (Phi) is 4.47. The Bertz CT molecular complexity index is 1110. The number of methoxy groups -OCH3 is 1. The van der Waals surface area contributed by atoms with E-state index < -0.39 is 0 Å². The molecule has 0 amide bonds. The Morgan fingerprint density at radius 3 is 2.63 bits per heavy atom. The van der Waals surface area contributed by atoms with Gasteiger partial charge in [-0.3, -0.25) is 0 Å². The maximum Gasteiger partial charge on any atom is 0.337 e. The number of carbonyl (C=O) groups excluding carboxylic acids is 1. The SMILES string of the molecule is COC(=O)c1cccc(Cc2nc3cc(C)c(-c4ccccc4)cc3o2)c1. The molecule has 0 unspecified atom stereocenters. The second kappa shape index (κ2) is 7.08. The van der Waals surface area contributed by atoms with Gasteiger partial charge >= 0.3 is 5.97 Å². The van der Waals surface area contributed by atoms with Crippen LogP contribution >= 0.6 is 0 Å². The summed E-state index contributed by atoms with van der Waals surface area (Å²) in [5.74, 6) is 0.272. The minimum Gasteiger partial charge on any atom is -0.465 e. The van der Waals surface area contributed by atoms with E-state index in [0.29, 0.717) is 17.9 Å². The quantitative estimate of drug-likeness (QED) is 0.472. The zero-order valence-corrected chi connectivity index (χ0v) is 15.2. The van der Waals surface area contributed by atoms with E-state index in [0.717, 1.165) is 33.4 Å². The van der Waals surface area contributed by atoms with Crippen molar-refractivity contribution in [1.82, 2.24) is 4.98 Å². The van der Waals surface area contributed by atoms with Crippen molar-refractivity contribution in [3.05, 3.63) is 89.3 Å². The zero-order chi connectivity index (χ0) is 18.8. The van der Waals surface area contributed by atoms with Crippen LogP contribution in [0.15, 0.2) is 71.1 Å². The van der Waals surface area contributed by atoms with Crippen LogP contribution in [0.5, 0.6) is 0 Å². The van der Waals surface area contributed by atoms with Crippen molar-refractivity contribution >= 4 is 17.1 Å². The Labute approximate surface area is 157 Å². The molecule has 0 aliphatic heterocycles. The molecule has 0 aliphatic rings. The maximum absolute atomic E-state index is 11.7. The summed E-state index contributed by atoms with van der Waals surface area (Å²) in [6.45, 7) is 2.08. The average molecular weight is 357 g/mol. The van der Waals surface area contributed by atoms with Crippen molar-refractivity contribution in [3.8, 4) is 11.1 Å². The lowest BCUT2D eigenvalue weighted by Gasteiger charge is -2.05. The van der Waals surface area contributed by atoms with Crippen molar-refractivity contribution in [1.29, 1.82) is 0 Å². The summed E-state index contributed by atoms with van der Waals surface area (Å²) in [6, 6.07) is 21.6. The van der Waals surface area contributed by atoms with Gasteiger partial charge in [-0.2, -0.15) is 0 Å². The van der Waals surface area contributed by atoms with Crippen LogP contribution in [0.2, 0.25) is 0 Å². The molecule has 27 heavy (non-hydrogen) atoms. The number of benzene rings is 3. The largest absolute Gasteiger partial charge is 0.465 e. The number of fused-ring (bicyclic) bond motifs is 1. The van der Waals surface area contributed by atoms with Crippen LogP contribution in [0.4, 0.5) is 0 Å². The number of esters is 1.